The Kier molecular flexibility index (Phi) is 5.30. The molecule has 1 saturated heterocycles. The highest BCUT2D eigenvalue weighted by atomic mass is 35.5. The van der Waals surface area contributed by atoms with Crippen molar-refractivity contribution in [1.82, 2.24) is 9.80 Å². The lowest BCUT2D eigenvalue weighted by Crippen LogP contribution is -2.42. The first-order chi connectivity index (χ1) is 15.0. The second-order valence-electron chi connectivity index (χ2n) is 8.04. The van der Waals surface area contributed by atoms with Crippen LogP contribution in [0.15, 0.2) is 51.7 Å². The van der Waals surface area contributed by atoms with Gasteiger partial charge in [0.2, 0.25) is 5.76 Å². The van der Waals surface area contributed by atoms with Gasteiger partial charge in [-0.05, 0) is 30.2 Å². The summed E-state index contributed by atoms with van der Waals surface area (Å²) in [5.74, 6) is -0.112. The number of aryl methyl sites for hydroxylation is 1. The maximum Gasteiger partial charge on any atom is 0.290 e. The third-order valence-electron chi connectivity index (χ3n) is 6.12. The monoisotopic (exact) mass is 438 g/mol. The topological polar surface area (TPSA) is 63.0 Å². The molecule has 2 aromatic carbocycles. The standard InChI is InChI=1S/C24H23ClN2O4/c1-15-13-19-17(14-18(15)25)22(28)20-21(16-5-3-2-4-6-16)27(24(29)23(20)31-19)8-7-26-9-11-30-12-10-26/h2-6,13-14,21H,7-12H2,1H3/t21-/m0/s1. The molecule has 2 aliphatic heterocycles. The van der Waals surface area contributed by atoms with Crippen molar-refractivity contribution in [3.8, 4) is 0 Å². The normalized spacial score (nSPS) is 19.2. The molecule has 0 saturated carbocycles. The number of amides is 1. The summed E-state index contributed by atoms with van der Waals surface area (Å²) >= 11 is 6.28. The Morgan fingerprint density at radius 1 is 1.06 bits per heavy atom. The van der Waals surface area contributed by atoms with Gasteiger partial charge in [-0.3, -0.25) is 14.5 Å². The van der Waals surface area contributed by atoms with Crippen molar-refractivity contribution in [2.45, 2.75) is 13.0 Å². The van der Waals surface area contributed by atoms with Crippen LogP contribution in [0.4, 0.5) is 0 Å². The predicted octanol–water partition coefficient (Wildman–Crippen LogP) is 3.63. The van der Waals surface area contributed by atoms with Crippen LogP contribution in [0.25, 0.3) is 11.0 Å². The Morgan fingerprint density at radius 2 is 1.81 bits per heavy atom. The zero-order valence-electron chi connectivity index (χ0n) is 17.3. The maximum absolute atomic E-state index is 13.5. The van der Waals surface area contributed by atoms with E-state index in [1.165, 1.54) is 0 Å². The molecule has 1 amide bonds. The fourth-order valence-electron chi connectivity index (χ4n) is 4.43. The minimum atomic E-state index is -0.481. The quantitative estimate of drug-likeness (QED) is 0.622. The molecule has 1 atom stereocenters. The number of morpholine rings is 1. The van der Waals surface area contributed by atoms with E-state index in [9.17, 15) is 9.59 Å². The van der Waals surface area contributed by atoms with Gasteiger partial charge < -0.3 is 14.1 Å². The van der Waals surface area contributed by atoms with Gasteiger partial charge in [0.25, 0.3) is 5.91 Å². The molecule has 2 aliphatic rings. The average Bonchev–Trinajstić information content (AvgIpc) is 3.07. The van der Waals surface area contributed by atoms with E-state index in [4.69, 9.17) is 20.8 Å². The zero-order valence-corrected chi connectivity index (χ0v) is 18.0. The summed E-state index contributed by atoms with van der Waals surface area (Å²) in [5, 5.41) is 0.905. The van der Waals surface area contributed by atoms with Crippen LogP contribution in [0.1, 0.15) is 33.3 Å². The van der Waals surface area contributed by atoms with E-state index in [0.717, 1.165) is 24.2 Å². The molecule has 1 aromatic heterocycles. The lowest BCUT2D eigenvalue weighted by atomic mass is 9.98. The first-order valence-corrected chi connectivity index (χ1v) is 10.9. The second-order valence-corrected chi connectivity index (χ2v) is 8.44. The van der Waals surface area contributed by atoms with Gasteiger partial charge >= 0.3 is 0 Å². The summed E-state index contributed by atoms with van der Waals surface area (Å²) in [5.41, 5.74) is 2.27. The number of hydrogen-bond acceptors (Lipinski definition) is 5. The minimum absolute atomic E-state index is 0.134. The summed E-state index contributed by atoms with van der Waals surface area (Å²) in [7, 11) is 0. The highest BCUT2D eigenvalue weighted by Crippen LogP contribution is 2.38. The van der Waals surface area contributed by atoms with Crippen LogP contribution in [0.2, 0.25) is 5.02 Å². The molecule has 7 heteroatoms. The summed E-state index contributed by atoms with van der Waals surface area (Å²) in [6, 6.07) is 12.5. The smallest absolute Gasteiger partial charge is 0.290 e. The van der Waals surface area contributed by atoms with Crippen molar-refractivity contribution in [3.63, 3.8) is 0 Å². The van der Waals surface area contributed by atoms with Gasteiger partial charge in [0.05, 0.1) is 30.2 Å². The van der Waals surface area contributed by atoms with Crippen LogP contribution in [0.5, 0.6) is 0 Å². The molecular weight excluding hydrogens is 416 g/mol. The van der Waals surface area contributed by atoms with Crippen molar-refractivity contribution in [2.24, 2.45) is 0 Å². The van der Waals surface area contributed by atoms with Gasteiger partial charge in [0.15, 0.2) is 5.43 Å². The van der Waals surface area contributed by atoms with E-state index in [-0.39, 0.29) is 17.1 Å². The number of nitrogens with zero attached hydrogens (tertiary/aromatic N) is 2. The number of hydrogen-bond donors (Lipinski definition) is 0. The molecule has 0 N–H and O–H groups in total. The van der Waals surface area contributed by atoms with Gasteiger partial charge in [0, 0.05) is 31.2 Å². The van der Waals surface area contributed by atoms with Crippen LogP contribution in [0.3, 0.4) is 0 Å². The first-order valence-electron chi connectivity index (χ1n) is 10.5. The minimum Gasteiger partial charge on any atom is -0.450 e. The van der Waals surface area contributed by atoms with E-state index in [0.29, 0.717) is 47.9 Å². The van der Waals surface area contributed by atoms with E-state index < -0.39 is 6.04 Å². The van der Waals surface area contributed by atoms with Crippen LogP contribution in [0, 0.1) is 6.92 Å². The molecule has 3 heterocycles. The predicted molar refractivity (Wildman–Crippen MR) is 119 cm³/mol. The van der Waals surface area contributed by atoms with E-state index in [2.05, 4.69) is 4.90 Å². The van der Waals surface area contributed by atoms with Gasteiger partial charge in [-0.25, -0.2) is 0 Å². The van der Waals surface area contributed by atoms with Crippen LogP contribution < -0.4 is 5.43 Å². The van der Waals surface area contributed by atoms with Crippen LogP contribution in [-0.4, -0.2) is 55.1 Å². The third-order valence-corrected chi connectivity index (χ3v) is 6.53. The Balaban J connectivity index is 1.61. The van der Waals surface area contributed by atoms with Crippen LogP contribution in [-0.2, 0) is 4.74 Å². The number of rotatable bonds is 4. The van der Waals surface area contributed by atoms with Crippen molar-refractivity contribution >= 4 is 28.5 Å². The molecule has 0 spiro atoms. The first kappa shape index (κ1) is 20.2. The largest absolute Gasteiger partial charge is 0.450 e. The lowest BCUT2D eigenvalue weighted by molar-refractivity contribution is 0.0314. The Hall–Kier alpha value is -2.67. The molecular formula is C24H23ClN2O4. The highest BCUT2D eigenvalue weighted by molar-refractivity contribution is 6.32. The van der Waals surface area contributed by atoms with Crippen molar-refractivity contribution < 1.29 is 13.9 Å². The Morgan fingerprint density at radius 3 is 2.55 bits per heavy atom. The molecule has 1 fully saturated rings. The molecule has 0 unspecified atom stereocenters. The fourth-order valence-corrected chi connectivity index (χ4v) is 4.59. The molecule has 6 nitrogen and oxygen atoms in total. The number of benzene rings is 2. The second kappa shape index (κ2) is 8.11. The molecule has 160 valence electrons. The number of carbonyl (C=O) groups excluding carboxylic acids is 1. The van der Waals surface area contributed by atoms with E-state index in [1.54, 1.807) is 17.0 Å². The maximum atomic E-state index is 13.5. The van der Waals surface area contributed by atoms with E-state index >= 15 is 0 Å². The molecule has 0 aliphatic carbocycles. The summed E-state index contributed by atoms with van der Waals surface area (Å²) in [4.78, 5) is 31.0. The average molecular weight is 439 g/mol. The zero-order chi connectivity index (χ0) is 21.5. The number of ether oxygens (including phenoxy) is 1. The summed E-state index contributed by atoms with van der Waals surface area (Å²) < 4.78 is 11.4. The number of carbonyl (C=O) groups is 1. The van der Waals surface area contributed by atoms with Crippen molar-refractivity contribution in [1.29, 1.82) is 0 Å². The van der Waals surface area contributed by atoms with Gasteiger partial charge in [-0.1, -0.05) is 41.9 Å². The highest BCUT2D eigenvalue weighted by Gasteiger charge is 2.42. The van der Waals surface area contributed by atoms with E-state index in [1.807, 2.05) is 37.3 Å². The SMILES string of the molecule is Cc1cc2oc3c(c(=O)c2cc1Cl)[C@H](c1ccccc1)N(CCN1CCOCC1)C3=O. The molecule has 0 bridgehead atoms. The molecule has 5 rings (SSSR count). The lowest BCUT2D eigenvalue weighted by Gasteiger charge is -2.31. The molecule has 3 aromatic rings. The number of halogens is 1. The van der Waals surface area contributed by atoms with Gasteiger partial charge in [-0.15, -0.1) is 0 Å². The number of fused-ring (bicyclic) bond motifs is 2. The van der Waals surface area contributed by atoms with Crippen molar-refractivity contribution in [3.05, 3.63) is 80.2 Å². The Bertz CT molecular complexity index is 1200. The third kappa shape index (κ3) is 3.55. The van der Waals surface area contributed by atoms with Gasteiger partial charge in [0.1, 0.15) is 5.58 Å². The van der Waals surface area contributed by atoms with Crippen molar-refractivity contribution in [2.75, 3.05) is 39.4 Å². The Labute approximate surface area is 185 Å². The summed E-state index contributed by atoms with van der Waals surface area (Å²) in [6.07, 6.45) is 0. The summed E-state index contributed by atoms with van der Waals surface area (Å²) in [6.45, 7) is 6.12. The van der Waals surface area contributed by atoms with Crippen LogP contribution >= 0.6 is 11.6 Å². The molecule has 0 radical (unpaired) electrons. The van der Waals surface area contributed by atoms with Gasteiger partial charge in [-0.2, -0.15) is 0 Å². The molecule has 31 heavy (non-hydrogen) atoms. The fraction of sp³-hybridized carbons (Fsp3) is 0.333.